The van der Waals surface area contributed by atoms with Gasteiger partial charge in [0.1, 0.15) is 11.6 Å². The van der Waals surface area contributed by atoms with Crippen LogP contribution in [0, 0.1) is 11.3 Å². The summed E-state index contributed by atoms with van der Waals surface area (Å²) in [6, 6.07) is 17.2. The van der Waals surface area contributed by atoms with Crippen molar-refractivity contribution in [2.75, 3.05) is 12.4 Å². The second kappa shape index (κ2) is 7.57. The number of anilines is 1. The van der Waals surface area contributed by atoms with E-state index in [0.29, 0.717) is 11.3 Å². The van der Waals surface area contributed by atoms with Crippen LogP contribution < -0.4 is 5.32 Å². The van der Waals surface area contributed by atoms with E-state index in [2.05, 4.69) is 10.1 Å². The Kier molecular flexibility index (Phi) is 5.26. The zero-order valence-corrected chi connectivity index (χ0v) is 12.4. The van der Waals surface area contributed by atoms with Crippen LogP contribution in [0.5, 0.6) is 0 Å². The SMILES string of the molecule is COC(=O)c1ccc(NC(=O)/C(C#N)=C/c2ccccc2)cc1. The zero-order chi connectivity index (χ0) is 16.7. The fourth-order valence-electron chi connectivity index (χ4n) is 1.87. The van der Waals surface area contributed by atoms with Crippen molar-refractivity contribution < 1.29 is 14.3 Å². The Morgan fingerprint density at radius 1 is 1.09 bits per heavy atom. The van der Waals surface area contributed by atoms with Gasteiger partial charge >= 0.3 is 5.97 Å². The summed E-state index contributed by atoms with van der Waals surface area (Å²) < 4.78 is 4.60. The van der Waals surface area contributed by atoms with Crippen molar-refractivity contribution in [3.8, 4) is 6.07 Å². The topological polar surface area (TPSA) is 79.2 Å². The summed E-state index contributed by atoms with van der Waals surface area (Å²) in [5.74, 6) is -0.966. The molecule has 0 radical (unpaired) electrons. The number of ether oxygens (including phenoxy) is 1. The highest BCUT2D eigenvalue weighted by Gasteiger charge is 2.10. The van der Waals surface area contributed by atoms with Crippen LogP contribution in [0.2, 0.25) is 0 Å². The number of hydrogen-bond donors (Lipinski definition) is 1. The van der Waals surface area contributed by atoms with Crippen LogP contribution in [0.25, 0.3) is 6.08 Å². The monoisotopic (exact) mass is 306 g/mol. The molecule has 2 rings (SSSR count). The van der Waals surface area contributed by atoms with Gasteiger partial charge in [-0.2, -0.15) is 5.26 Å². The average Bonchev–Trinajstić information content (AvgIpc) is 2.60. The molecule has 0 fully saturated rings. The molecule has 0 aliphatic heterocycles. The van der Waals surface area contributed by atoms with Crippen molar-refractivity contribution >= 4 is 23.6 Å². The molecular weight excluding hydrogens is 292 g/mol. The summed E-state index contributed by atoms with van der Waals surface area (Å²) in [7, 11) is 1.30. The standard InChI is InChI=1S/C18H14N2O3/c1-23-18(22)14-7-9-16(10-8-14)20-17(21)15(12-19)11-13-5-3-2-4-6-13/h2-11H,1H3,(H,20,21)/b15-11+. The molecule has 1 N–H and O–H groups in total. The molecule has 0 saturated carbocycles. The summed E-state index contributed by atoms with van der Waals surface area (Å²) in [4.78, 5) is 23.5. The molecule has 23 heavy (non-hydrogen) atoms. The maximum atomic E-state index is 12.1. The van der Waals surface area contributed by atoms with Crippen molar-refractivity contribution in [3.05, 3.63) is 71.3 Å². The average molecular weight is 306 g/mol. The first-order valence-corrected chi connectivity index (χ1v) is 6.80. The third-order valence-electron chi connectivity index (χ3n) is 3.04. The van der Waals surface area contributed by atoms with Gasteiger partial charge in [0.05, 0.1) is 12.7 Å². The number of esters is 1. The van der Waals surface area contributed by atoms with Gasteiger partial charge in [-0.05, 0) is 35.9 Å². The van der Waals surface area contributed by atoms with Gasteiger partial charge in [0.2, 0.25) is 0 Å². The van der Waals surface area contributed by atoms with E-state index in [0.717, 1.165) is 5.56 Å². The Balaban J connectivity index is 2.13. The molecule has 2 aromatic rings. The van der Waals surface area contributed by atoms with Crippen LogP contribution in [-0.2, 0) is 9.53 Å². The van der Waals surface area contributed by atoms with E-state index < -0.39 is 11.9 Å². The molecule has 0 unspecified atom stereocenters. The quantitative estimate of drug-likeness (QED) is 0.535. The molecule has 0 aromatic heterocycles. The molecule has 114 valence electrons. The van der Waals surface area contributed by atoms with E-state index in [1.165, 1.54) is 25.3 Å². The molecule has 1 amide bonds. The van der Waals surface area contributed by atoms with Crippen molar-refractivity contribution in [1.29, 1.82) is 5.26 Å². The van der Waals surface area contributed by atoms with Gasteiger partial charge < -0.3 is 10.1 Å². The lowest BCUT2D eigenvalue weighted by molar-refractivity contribution is -0.112. The normalized spacial score (nSPS) is 10.5. The van der Waals surface area contributed by atoms with Gasteiger partial charge in [0.25, 0.3) is 5.91 Å². The smallest absolute Gasteiger partial charge is 0.337 e. The van der Waals surface area contributed by atoms with Gasteiger partial charge in [0.15, 0.2) is 0 Å². The molecule has 0 aliphatic rings. The van der Waals surface area contributed by atoms with Crippen LogP contribution in [0.15, 0.2) is 60.2 Å². The number of nitriles is 1. The molecular formula is C18H14N2O3. The molecule has 0 saturated heterocycles. The number of hydrogen-bond acceptors (Lipinski definition) is 4. The van der Waals surface area contributed by atoms with E-state index >= 15 is 0 Å². The van der Waals surface area contributed by atoms with Crippen molar-refractivity contribution in [2.45, 2.75) is 0 Å². The summed E-state index contributed by atoms with van der Waals surface area (Å²) in [6.45, 7) is 0. The van der Waals surface area contributed by atoms with E-state index in [9.17, 15) is 9.59 Å². The van der Waals surface area contributed by atoms with E-state index in [1.54, 1.807) is 24.3 Å². The largest absolute Gasteiger partial charge is 0.465 e. The number of methoxy groups -OCH3 is 1. The summed E-state index contributed by atoms with van der Waals surface area (Å²) in [5, 5.41) is 11.8. The molecule has 5 heteroatoms. The van der Waals surface area contributed by atoms with Crippen molar-refractivity contribution in [2.24, 2.45) is 0 Å². The third kappa shape index (κ3) is 4.29. The Hall–Kier alpha value is -3.39. The van der Waals surface area contributed by atoms with E-state index in [1.807, 2.05) is 24.3 Å². The highest BCUT2D eigenvalue weighted by Crippen LogP contribution is 2.13. The fourth-order valence-corrected chi connectivity index (χ4v) is 1.87. The fraction of sp³-hybridized carbons (Fsp3) is 0.0556. The minimum absolute atomic E-state index is 0.00626. The van der Waals surface area contributed by atoms with Crippen LogP contribution in [-0.4, -0.2) is 19.0 Å². The van der Waals surface area contributed by atoms with Crippen molar-refractivity contribution in [1.82, 2.24) is 0 Å². The van der Waals surface area contributed by atoms with E-state index in [4.69, 9.17) is 5.26 Å². The first-order valence-electron chi connectivity index (χ1n) is 6.80. The van der Waals surface area contributed by atoms with Gasteiger partial charge in [-0.3, -0.25) is 4.79 Å². The lowest BCUT2D eigenvalue weighted by Crippen LogP contribution is -2.13. The Bertz CT molecular complexity index is 772. The summed E-state index contributed by atoms with van der Waals surface area (Å²) >= 11 is 0. The predicted octanol–water partition coefficient (Wildman–Crippen LogP) is 3.02. The van der Waals surface area contributed by atoms with Gasteiger partial charge in [-0.1, -0.05) is 30.3 Å². The number of benzene rings is 2. The van der Waals surface area contributed by atoms with E-state index in [-0.39, 0.29) is 5.57 Å². The lowest BCUT2D eigenvalue weighted by atomic mass is 10.1. The lowest BCUT2D eigenvalue weighted by Gasteiger charge is -2.05. The van der Waals surface area contributed by atoms with Crippen LogP contribution >= 0.6 is 0 Å². The molecule has 2 aromatic carbocycles. The second-order valence-electron chi connectivity index (χ2n) is 4.60. The predicted molar refractivity (Wildman–Crippen MR) is 86.4 cm³/mol. The van der Waals surface area contributed by atoms with Crippen LogP contribution in [0.3, 0.4) is 0 Å². The highest BCUT2D eigenvalue weighted by atomic mass is 16.5. The van der Waals surface area contributed by atoms with Crippen LogP contribution in [0.4, 0.5) is 5.69 Å². The van der Waals surface area contributed by atoms with Gasteiger partial charge in [-0.15, -0.1) is 0 Å². The minimum atomic E-state index is -0.512. The summed E-state index contributed by atoms with van der Waals surface area (Å²) in [6.07, 6.45) is 1.51. The number of carbonyl (C=O) groups excluding carboxylic acids is 2. The first-order chi connectivity index (χ1) is 11.1. The molecule has 0 spiro atoms. The maximum Gasteiger partial charge on any atom is 0.337 e. The number of nitrogens with zero attached hydrogens (tertiary/aromatic N) is 1. The number of nitrogens with one attached hydrogen (secondary N) is 1. The van der Waals surface area contributed by atoms with Gasteiger partial charge in [0, 0.05) is 5.69 Å². The first kappa shape index (κ1) is 16.0. The Morgan fingerprint density at radius 3 is 2.30 bits per heavy atom. The molecule has 0 aliphatic carbocycles. The molecule has 0 atom stereocenters. The number of carbonyl (C=O) groups is 2. The molecule has 5 nitrogen and oxygen atoms in total. The van der Waals surface area contributed by atoms with Crippen molar-refractivity contribution in [3.63, 3.8) is 0 Å². The Labute approximate surface area is 133 Å². The van der Waals surface area contributed by atoms with Crippen LogP contribution in [0.1, 0.15) is 15.9 Å². The second-order valence-corrected chi connectivity index (χ2v) is 4.60. The molecule has 0 bridgehead atoms. The highest BCUT2D eigenvalue weighted by molar-refractivity contribution is 6.09. The third-order valence-corrected chi connectivity index (χ3v) is 3.04. The minimum Gasteiger partial charge on any atom is -0.465 e. The Morgan fingerprint density at radius 2 is 1.74 bits per heavy atom. The van der Waals surface area contributed by atoms with Gasteiger partial charge in [-0.25, -0.2) is 4.79 Å². The zero-order valence-electron chi connectivity index (χ0n) is 12.4. The number of amides is 1. The molecule has 0 heterocycles. The number of rotatable bonds is 4. The summed E-state index contributed by atoms with van der Waals surface area (Å²) in [5.41, 5.74) is 1.62. The maximum absolute atomic E-state index is 12.1.